The highest BCUT2D eigenvalue weighted by atomic mass is 16.6. The van der Waals surface area contributed by atoms with E-state index >= 15 is 0 Å². The van der Waals surface area contributed by atoms with Gasteiger partial charge in [-0.2, -0.15) is 0 Å². The first-order chi connectivity index (χ1) is 14.2. The van der Waals surface area contributed by atoms with Crippen LogP contribution in [0.15, 0.2) is 30.5 Å². The van der Waals surface area contributed by atoms with Crippen LogP contribution in [0.2, 0.25) is 0 Å². The lowest BCUT2D eigenvalue weighted by molar-refractivity contribution is -0.00841. The molecule has 1 aromatic carbocycles. The molecule has 0 aromatic heterocycles. The van der Waals surface area contributed by atoms with Gasteiger partial charge in [0.15, 0.2) is 17.3 Å². The van der Waals surface area contributed by atoms with Crippen LogP contribution in [0.3, 0.4) is 0 Å². The van der Waals surface area contributed by atoms with E-state index in [0.717, 1.165) is 0 Å². The number of ether oxygens (including phenoxy) is 6. The molecule has 29 heavy (non-hydrogen) atoms. The first-order valence-electron chi connectivity index (χ1n) is 9.76. The van der Waals surface area contributed by atoms with Gasteiger partial charge in [0, 0.05) is 31.9 Å². The Labute approximate surface area is 172 Å². The number of rotatable bonds is 3. The summed E-state index contributed by atoms with van der Waals surface area (Å²) in [5, 5.41) is 0. The molecule has 0 fully saturated rings. The molecule has 0 spiro atoms. The standard InChI is InChI=1S/C21H31NO7/c1-22(2)6-5-19(23)18-3-4-20-21(17-18)29-16-14-27-12-10-25-8-7-24-9-11-26-13-15-28-20/h3-6,17H,7-16H2,1-2H3/b6-5+. The molecule has 0 saturated heterocycles. The maximum atomic E-state index is 12.3. The van der Waals surface area contributed by atoms with Gasteiger partial charge in [-0.25, -0.2) is 0 Å². The average molecular weight is 409 g/mol. The molecule has 0 saturated carbocycles. The summed E-state index contributed by atoms with van der Waals surface area (Å²) in [6.45, 7) is 4.55. The van der Waals surface area contributed by atoms with E-state index in [1.807, 2.05) is 14.1 Å². The Kier molecular flexibility index (Phi) is 11.1. The fourth-order valence-electron chi connectivity index (χ4n) is 2.39. The van der Waals surface area contributed by atoms with Crippen LogP contribution in [-0.2, 0) is 18.9 Å². The smallest absolute Gasteiger partial charge is 0.187 e. The molecule has 0 bridgehead atoms. The highest BCUT2D eigenvalue weighted by molar-refractivity contribution is 6.04. The highest BCUT2D eigenvalue weighted by Gasteiger charge is 2.11. The van der Waals surface area contributed by atoms with Crippen molar-refractivity contribution in [3.8, 4) is 11.5 Å². The van der Waals surface area contributed by atoms with Crippen molar-refractivity contribution in [2.45, 2.75) is 0 Å². The van der Waals surface area contributed by atoms with Gasteiger partial charge in [0.1, 0.15) is 13.2 Å². The van der Waals surface area contributed by atoms with E-state index in [-0.39, 0.29) is 5.78 Å². The summed E-state index contributed by atoms with van der Waals surface area (Å²) in [6.07, 6.45) is 3.22. The predicted molar refractivity (Wildman–Crippen MR) is 108 cm³/mol. The van der Waals surface area contributed by atoms with E-state index in [4.69, 9.17) is 28.4 Å². The summed E-state index contributed by atoms with van der Waals surface area (Å²) in [4.78, 5) is 14.2. The fraction of sp³-hybridized carbons (Fsp3) is 0.571. The first-order valence-corrected chi connectivity index (χ1v) is 9.76. The van der Waals surface area contributed by atoms with Crippen molar-refractivity contribution in [1.29, 1.82) is 0 Å². The predicted octanol–water partition coefficient (Wildman–Crippen LogP) is 1.78. The van der Waals surface area contributed by atoms with Gasteiger partial charge in [-0.05, 0) is 18.2 Å². The Bertz CT molecular complexity index is 633. The van der Waals surface area contributed by atoms with Crippen molar-refractivity contribution < 1.29 is 33.2 Å². The minimum atomic E-state index is -0.110. The second-order valence-electron chi connectivity index (χ2n) is 6.45. The molecular formula is C21H31NO7. The van der Waals surface area contributed by atoms with Crippen molar-refractivity contribution in [2.24, 2.45) is 0 Å². The molecule has 0 amide bonds. The molecule has 2 rings (SSSR count). The third-order valence-corrected chi connectivity index (χ3v) is 3.84. The van der Waals surface area contributed by atoms with Crippen molar-refractivity contribution in [3.63, 3.8) is 0 Å². The maximum absolute atomic E-state index is 12.3. The summed E-state index contributed by atoms with van der Waals surface area (Å²) >= 11 is 0. The van der Waals surface area contributed by atoms with Crippen LogP contribution in [-0.4, -0.2) is 90.8 Å². The van der Waals surface area contributed by atoms with Crippen LogP contribution in [0, 0.1) is 0 Å². The molecule has 8 nitrogen and oxygen atoms in total. The Morgan fingerprint density at radius 2 is 1.24 bits per heavy atom. The van der Waals surface area contributed by atoms with Crippen LogP contribution in [0.25, 0.3) is 0 Å². The van der Waals surface area contributed by atoms with E-state index in [2.05, 4.69) is 0 Å². The van der Waals surface area contributed by atoms with Crippen LogP contribution < -0.4 is 9.47 Å². The summed E-state index contributed by atoms with van der Waals surface area (Å²) in [6, 6.07) is 5.15. The molecule has 0 radical (unpaired) electrons. The van der Waals surface area contributed by atoms with E-state index in [0.29, 0.717) is 83.1 Å². The zero-order chi connectivity index (χ0) is 20.7. The second-order valence-corrected chi connectivity index (χ2v) is 6.45. The van der Waals surface area contributed by atoms with E-state index in [9.17, 15) is 4.79 Å². The van der Waals surface area contributed by atoms with Crippen molar-refractivity contribution in [3.05, 3.63) is 36.0 Å². The monoisotopic (exact) mass is 409 g/mol. The normalized spacial score (nSPS) is 18.0. The molecule has 162 valence electrons. The maximum Gasteiger partial charge on any atom is 0.187 e. The number of carbonyl (C=O) groups excluding carboxylic acids is 1. The number of nitrogens with zero attached hydrogens (tertiary/aromatic N) is 1. The van der Waals surface area contributed by atoms with E-state index in [1.54, 1.807) is 29.3 Å². The average Bonchev–Trinajstić information content (AvgIpc) is 2.71. The molecule has 0 atom stereocenters. The van der Waals surface area contributed by atoms with Gasteiger partial charge < -0.3 is 33.3 Å². The summed E-state index contributed by atoms with van der Waals surface area (Å²) in [7, 11) is 3.72. The molecule has 8 heteroatoms. The van der Waals surface area contributed by atoms with Crippen molar-refractivity contribution in [1.82, 2.24) is 4.90 Å². The van der Waals surface area contributed by atoms with Gasteiger partial charge in [0.25, 0.3) is 0 Å². The lowest BCUT2D eigenvalue weighted by Crippen LogP contribution is -2.16. The number of benzene rings is 1. The van der Waals surface area contributed by atoms with E-state index in [1.165, 1.54) is 6.08 Å². The zero-order valence-electron chi connectivity index (χ0n) is 17.3. The Hall–Kier alpha value is -2.13. The lowest BCUT2D eigenvalue weighted by atomic mass is 10.1. The molecule has 0 N–H and O–H groups in total. The quantitative estimate of drug-likeness (QED) is 0.553. The van der Waals surface area contributed by atoms with Crippen molar-refractivity contribution in [2.75, 3.05) is 80.2 Å². The van der Waals surface area contributed by atoms with Crippen LogP contribution in [0.5, 0.6) is 11.5 Å². The molecule has 1 aromatic rings. The van der Waals surface area contributed by atoms with Gasteiger partial charge >= 0.3 is 0 Å². The Morgan fingerprint density at radius 3 is 1.76 bits per heavy atom. The number of carbonyl (C=O) groups is 1. The molecule has 1 aliphatic rings. The Morgan fingerprint density at radius 1 is 0.759 bits per heavy atom. The largest absolute Gasteiger partial charge is 0.487 e. The molecule has 1 aliphatic heterocycles. The van der Waals surface area contributed by atoms with E-state index < -0.39 is 0 Å². The summed E-state index contributed by atoms with van der Waals surface area (Å²) in [5.74, 6) is 0.946. The van der Waals surface area contributed by atoms with Crippen LogP contribution in [0.1, 0.15) is 10.4 Å². The third kappa shape index (κ3) is 9.76. The van der Waals surface area contributed by atoms with Gasteiger partial charge in [-0.1, -0.05) is 0 Å². The Balaban J connectivity index is 2.00. The number of hydrogen-bond acceptors (Lipinski definition) is 8. The van der Waals surface area contributed by atoms with Gasteiger partial charge in [0.2, 0.25) is 0 Å². The molecule has 0 unspecified atom stereocenters. The first kappa shape index (κ1) is 23.2. The molecule has 1 heterocycles. The zero-order valence-corrected chi connectivity index (χ0v) is 17.3. The number of ketones is 1. The third-order valence-electron chi connectivity index (χ3n) is 3.84. The number of hydrogen-bond donors (Lipinski definition) is 0. The van der Waals surface area contributed by atoms with Crippen molar-refractivity contribution >= 4 is 5.78 Å². The van der Waals surface area contributed by atoms with Crippen LogP contribution in [0.4, 0.5) is 0 Å². The molecular weight excluding hydrogens is 378 g/mol. The molecule has 0 aliphatic carbocycles. The SMILES string of the molecule is CN(C)/C=C/C(=O)c1ccc2c(c1)OCCOCCOCCOCCOCCO2. The minimum Gasteiger partial charge on any atom is -0.487 e. The van der Waals surface area contributed by atoms with Crippen LogP contribution >= 0.6 is 0 Å². The topological polar surface area (TPSA) is 75.7 Å². The number of fused-ring (bicyclic) bond motifs is 1. The van der Waals surface area contributed by atoms with Gasteiger partial charge in [0.05, 0.1) is 52.9 Å². The summed E-state index contributed by atoms with van der Waals surface area (Å²) in [5.41, 5.74) is 0.523. The number of allylic oxidation sites excluding steroid dienone is 1. The minimum absolute atomic E-state index is 0.110. The van der Waals surface area contributed by atoms with Gasteiger partial charge in [-0.3, -0.25) is 4.79 Å². The lowest BCUT2D eigenvalue weighted by Gasteiger charge is -2.15. The highest BCUT2D eigenvalue weighted by Crippen LogP contribution is 2.29. The van der Waals surface area contributed by atoms with Gasteiger partial charge in [-0.15, -0.1) is 0 Å². The fourth-order valence-corrected chi connectivity index (χ4v) is 2.39. The second kappa shape index (κ2) is 13.9. The summed E-state index contributed by atoms with van der Waals surface area (Å²) < 4.78 is 33.4.